The van der Waals surface area contributed by atoms with E-state index in [0.29, 0.717) is 12.3 Å². The predicted octanol–water partition coefficient (Wildman–Crippen LogP) is 0.648. The maximum absolute atomic E-state index is 12.1. The smallest absolute Gasteiger partial charge is 0.243 e. The highest BCUT2D eigenvalue weighted by molar-refractivity contribution is 8.01. The number of carbonyl (C=O) groups is 2. The number of hydrogen-bond acceptors (Lipinski definition) is 4. The van der Waals surface area contributed by atoms with Crippen LogP contribution in [0.3, 0.4) is 0 Å². The molecule has 3 atom stereocenters. The molecule has 2 heterocycles. The first-order valence-corrected chi connectivity index (χ1v) is 6.92. The molecule has 0 radical (unpaired) electrons. The summed E-state index contributed by atoms with van der Waals surface area (Å²) in [5.41, 5.74) is 0.929. The largest absolute Gasteiger partial charge is 0.391 e. The third-order valence-corrected chi connectivity index (χ3v) is 4.82. The third kappa shape index (κ3) is 1.74. The summed E-state index contributed by atoms with van der Waals surface area (Å²) in [4.78, 5) is 25.5. The van der Waals surface area contributed by atoms with E-state index in [-0.39, 0.29) is 17.1 Å². The monoisotopic (exact) mass is 263 g/mol. The van der Waals surface area contributed by atoms with Crippen LogP contribution in [0.4, 0.5) is 0 Å². The van der Waals surface area contributed by atoms with Gasteiger partial charge in [0.2, 0.25) is 11.8 Å². The molecule has 2 aliphatic heterocycles. The maximum Gasteiger partial charge on any atom is 0.243 e. The summed E-state index contributed by atoms with van der Waals surface area (Å²) in [6.45, 7) is 0.304. The number of benzene rings is 1. The van der Waals surface area contributed by atoms with E-state index in [1.807, 2.05) is 30.3 Å². The van der Waals surface area contributed by atoms with Crippen LogP contribution in [0.25, 0.3) is 0 Å². The second kappa shape index (κ2) is 4.40. The van der Waals surface area contributed by atoms with Crippen molar-refractivity contribution >= 4 is 23.6 Å². The van der Waals surface area contributed by atoms with Crippen molar-refractivity contribution in [3.05, 3.63) is 35.9 Å². The number of thioether (sulfide) groups is 1. The first kappa shape index (κ1) is 11.7. The lowest BCUT2D eigenvalue weighted by Crippen LogP contribution is -2.33. The van der Waals surface area contributed by atoms with Gasteiger partial charge in [-0.3, -0.25) is 14.5 Å². The molecular weight excluding hydrogens is 250 g/mol. The number of nitrogens with zero attached hydrogens (tertiary/aromatic N) is 1. The molecule has 2 aliphatic rings. The fourth-order valence-electron chi connectivity index (χ4n) is 2.49. The average molecular weight is 263 g/mol. The van der Waals surface area contributed by atoms with Gasteiger partial charge in [-0.05, 0) is 5.56 Å². The Hall–Kier alpha value is -1.33. The molecule has 4 nitrogen and oxygen atoms in total. The molecule has 0 unspecified atom stereocenters. The standard InChI is InChI=1S/C13H13NO3S/c15-9-7-18-11-10(9)12(16)14(13(11)17)6-8-4-2-1-3-5-8/h1-5,9-11,15H,6-7H2/t9-,10+,11+/m0/s1. The maximum atomic E-state index is 12.1. The van der Waals surface area contributed by atoms with Crippen molar-refractivity contribution in [2.45, 2.75) is 17.9 Å². The minimum Gasteiger partial charge on any atom is -0.391 e. The number of fused-ring (bicyclic) bond motifs is 1. The third-order valence-electron chi connectivity index (χ3n) is 3.43. The van der Waals surface area contributed by atoms with E-state index in [1.165, 1.54) is 16.7 Å². The molecule has 0 spiro atoms. The van der Waals surface area contributed by atoms with Gasteiger partial charge in [0, 0.05) is 5.75 Å². The normalized spacial score (nSPS) is 30.9. The van der Waals surface area contributed by atoms with Gasteiger partial charge in [-0.1, -0.05) is 30.3 Å². The number of rotatable bonds is 2. The second-order valence-corrected chi connectivity index (χ2v) is 5.77. The lowest BCUT2D eigenvalue weighted by molar-refractivity contribution is -0.140. The molecule has 2 saturated heterocycles. The van der Waals surface area contributed by atoms with Crippen molar-refractivity contribution < 1.29 is 14.7 Å². The lowest BCUT2D eigenvalue weighted by atomic mass is 10.0. The molecule has 1 N–H and O–H groups in total. The van der Waals surface area contributed by atoms with E-state index in [1.54, 1.807) is 0 Å². The van der Waals surface area contributed by atoms with Crippen molar-refractivity contribution in [3.8, 4) is 0 Å². The van der Waals surface area contributed by atoms with Gasteiger partial charge >= 0.3 is 0 Å². The van der Waals surface area contributed by atoms with Gasteiger partial charge in [0.1, 0.15) is 0 Å². The average Bonchev–Trinajstić information content (AvgIpc) is 2.87. The zero-order chi connectivity index (χ0) is 12.7. The van der Waals surface area contributed by atoms with Crippen LogP contribution in [0.15, 0.2) is 30.3 Å². The van der Waals surface area contributed by atoms with Gasteiger partial charge in [0.05, 0.1) is 23.8 Å². The van der Waals surface area contributed by atoms with Gasteiger partial charge in [-0.25, -0.2) is 0 Å². The quantitative estimate of drug-likeness (QED) is 0.796. The number of amides is 2. The summed E-state index contributed by atoms with van der Waals surface area (Å²) in [5.74, 6) is -0.445. The summed E-state index contributed by atoms with van der Waals surface area (Å²) < 4.78 is 0. The number of carbonyl (C=O) groups excluding carboxylic acids is 2. The highest BCUT2D eigenvalue weighted by Crippen LogP contribution is 2.40. The molecule has 2 fully saturated rings. The van der Waals surface area contributed by atoms with E-state index in [2.05, 4.69) is 0 Å². The van der Waals surface area contributed by atoms with Crippen molar-refractivity contribution in [3.63, 3.8) is 0 Å². The van der Waals surface area contributed by atoms with Crippen molar-refractivity contribution in [2.75, 3.05) is 5.75 Å². The van der Waals surface area contributed by atoms with Crippen LogP contribution in [-0.4, -0.2) is 38.9 Å². The van der Waals surface area contributed by atoms with Gasteiger partial charge in [0.25, 0.3) is 0 Å². The summed E-state index contributed by atoms with van der Waals surface area (Å²) in [6, 6.07) is 9.43. The number of hydrogen-bond donors (Lipinski definition) is 1. The second-order valence-electron chi connectivity index (χ2n) is 4.60. The van der Waals surface area contributed by atoms with Crippen LogP contribution in [0, 0.1) is 5.92 Å². The Balaban J connectivity index is 1.82. The van der Waals surface area contributed by atoms with E-state index >= 15 is 0 Å². The Bertz CT molecular complexity index is 490. The molecule has 1 aromatic rings. The van der Waals surface area contributed by atoms with Crippen LogP contribution in [0.1, 0.15) is 5.56 Å². The zero-order valence-corrected chi connectivity index (χ0v) is 10.5. The van der Waals surface area contributed by atoms with Crippen LogP contribution >= 0.6 is 11.8 Å². The molecule has 0 saturated carbocycles. The lowest BCUT2D eigenvalue weighted by Gasteiger charge is -2.16. The van der Waals surface area contributed by atoms with E-state index in [4.69, 9.17) is 0 Å². The Morgan fingerprint density at radius 1 is 1.22 bits per heavy atom. The van der Waals surface area contributed by atoms with Gasteiger partial charge in [0.15, 0.2) is 0 Å². The molecule has 0 aromatic heterocycles. The molecular formula is C13H13NO3S. The molecule has 0 bridgehead atoms. The minimum atomic E-state index is -0.683. The molecule has 1 aromatic carbocycles. The first-order chi connectivity index (χ1) is 8.68. The highest BCUT2D eigenvalue weighted by Gasteiger charge is 2.54. The van der Waals surface area contributed by atoms with Crippen LogP contribution in [0.2, 0.25) is 0 Å². The first-order valence-electron chi connectivity index (χ1n) is 5.87. The van der Waals surface area contributed by atoms with Gasteiger partial charge in [-0.2, -0.15) is 0 Å². The number of aliphatic hydroxyl groups is 1. The van der Waals surface area contributed by atoms with Gasteiger partial charge < -0.3 is 5.11 Å². The topological polar surface area (TPSA) is 57.6 Å². The van der Waals surface area contributed by atoms with Crippen molar-refractivity contribution in [2.24, 2.45) is 5.92 Å². The summed E-state index contributed by atoms with van der Waals surface area (Å²) in [7, 11) is 0. The number of imide groups is 1. The number of likely N-dealkylation sites (tertiary alicyclic amines) is 1. The fraction of sp³-hybridized carbons (Fsp3) is 0.385. The highest BCUT2D eigenvalue weighted by atomic mass is 32.2. The Labute approximate surface area is 109 Å². The van der Waals surface area contributed by atoms with E-state index < -0.39 is 12.0 Å². The molecule has 0 aliphatic carbocycles. The molecule has 94 valence electrons. The van der Waals surface area contributed by atoms with Crippen LogP contribution < -0.4 is 0 Å². The zero-order valence-electron chi connectivity index (χ0n) is 9.65. The molecule has 5 heteroatoms. The van der Waals surface area contributed by atoms with Crippen LogP contribution in [0.5, 0.6) is 0 Å². The van der Waals surface area contributed by atoms with E-state index in [0.717, 1.165) is 5.56 Å². The van der Waals surface area contributed by atoms with Crippen LogP contribution in [-0.2, 0) is 16.1 Å². The Morgan fingerprint density at radius 3 is 2.61 bits per heavy atom. The Morgan fingerprint density at radius 2 is 1.94 bits per heavy atom. The van der Waals surface area contributed by atoms with Crippen molar-refractivity contribution in [1.82, 2.24) is 4.90 Å². The summed E-state index contributed by atoms with van der Waals surface area (Å²) in [5, 5.41) is 9.37. The molecule has 2 amide bonds. The summed E-state index contributed by atoms with van der Waals surface area (Å²) in [6.07, 6.45) is -0.683. The summed E-state index contributed by atoms with van der Waals surface area (Å²) >= 11 is 1.39. The number of aliphatic hydroxyl groups excluding tert-OH is 1. The van der Waals surface area contributed by atoms with Gasteiger partial charge in [-0.15, -0.1) is 11.8 Å². The molecule has 18 heavy (non-hydrogen) atoms. The SMILES string of the molecule is O=C1[C@@H]2[C@@H](O)CS[C@H]2C(=O)N1Cc1ccccc1. The fourth-order valence-corrected chi connectivity index (χ4v) is 3.88. The predicted molar refractivity (Wildman–Crippen MR) is 67.7 cm³/mol. The van der Waals surface area contributed by atoms with Crippen molar-refractivity contribution in [1.29, 1.82) is 0 Å². The van der Waals surface area contributed by atoms with E-state index in [9.17, 15) is 14.7 Å². The minimum absolute atomic E-state index is 0.157. The molecule has 3 rings (SSSR count). The Kier molecular flexibility index (Phi) is 2.87.